The minimum atomic E-state index is -0.577. The molecular formula is C20H19BrN2O4. The summed E-state index contributed by atoms with van der Waals surface area (Å²) >= 11 is 3.40. The molecule has 140 valence electrons. The number of carbonyl (C=O) groups is 2. The van der Waals surface area contributed by atoms with Crippen LogP contribution in [0.25, 0.3) is 0 Å². The van der Waals surface area contributed by atoms with E-state index in [9.17, 15) is 9.59 Å². The van der Waals surface area contributed by atoms with Gasteiger partial charge >= 0.3 is 12.0 Å². The van der Waals surface area contributed by atoms with Crippen molar-refractivity contribution in [1.82, 2.24) is 10.6 Å². The highest BCUT2D eigenvalue weighted by Gasteiger charge is 2.31. The van der Waals surface area contributed by atoms with Crippen LogP contribution in [-0.4, -0.2) is 19.1 Å². The molecule has 0 aromatic heterocycles. The molecule has 0 spiro atoms. The van der Waals surface area contributed by atoms with Crippen molar-refractivity contribution in [3.63, 3.8) is 0 Å². The third kappa shape index (κ3) is 4.49. The number of allylic oxidation sites excluding steroid dienone is 1. The van der Waals surface area contributed by atoms with Gasteiger partial charge in [0.15, 0.2) is 0 Å². The number of amides is 2. The van der Waals surface area contributed by atoms with Crippen molar-refractivity contribution in [2.24, 2.45) is 0 Å². The Morgan fingerprint density at radius 2 is 1.78 bits per heavy atom. The van der Waals surface area contributed by atoms with Crippen molar-refractivity contribution >= 4 is 27.9 Å². The van der Waals surface area contributed by atoms with Gasteiger partial charge in [-0.15, -0.1) is 0 Å². The average molecular weight is 431 g/mol. The number of benzene rings is 2. The molecule has 3 rings (SSSR count). The molecule has 2 aromatic rings. The molecule has 7 heteroatoms. The molecule has 2 amide bonds. The van der Waals surface area contributed by atoms with Crippen molar-refractivity contribution in [2.45, 2.75) is 19.6 Å². The van der Waals surface area contributed by atoms with E-state index in [1.54, 1.807) is 6.92 Å². The van der Waals surface area contributed by atoms with Gasteiger partial charge in [-0.25, -0.2) is 9.59 Å². The van der Waals surface area contributed by atoms with Crippen molar-refractivity contribution in [2.75, 3.05) is 7.11 Å². The number of nitrogens with one attached hydrogen (secondary N) is 2. The Bertz CT molecular complexity index is 876. The predicted octanol–water partition coefficient (Wildman–Crippen LogP) is 3.83. The molecular weight excluding hydrogens is 412 g/mol. The standard InChI is InChI=1S/C20H19BrN2O4/c1-12-17(19(24)26-2)18(23-20(25)22-12)14-5-9-16(10-6-14)27-11-13-3-7-15(21)8-4-13/h3-10,18H,11H2,1-2H3,(H2,22,23,25). The molecule has 0 bridgehead atoms. The lowest BCUT2D eigenvalue weighted by atomic mass is 9.95. The summed E-state index contributed by atoms with van der Waals surface area (Å²) in [7, 11) is 1.31. The zero-order valence-electron chi connectivity index (χ0n) is 14.9. The summed E-state index contributed by atoms with van der Waals surface area (Å²) in [6.45, 7) is 2.12. The second-order valence-corrected chi connectivity index (χ2v) is 6.96. The second kappa shape index (κ2) is 8.26. The molecule has 0 fully saturated rings. The fraction of sp³-hybridized carbons (Fsp3) is 0.200. The first-order valence-electron chi connectivity index (χ1n) is 8.31. The lowest BCUT2D eigenvalue weighted by Crippen LogP contribution is -2.45. The normalized spacial score (nSPS) is 16.4. The Labute approximate surface area is 165 Å². The number of halogens is 1. The van der Waals surface area contributed by atoms with Gasteiger partial charge in [0.05, 0.1) is 18.7 Å². The fourth-order valence-corrected chi connectivity index (χ4v) is 3.09. The average Bonchev–Trinajstić information content (AvgIpc) is 2.67. The molecule has 1 heterocycles. The number of esters is 1. The maximum absolute atomic E-state index is 12.1. The molecule has 6 nitrogen and oxygen atoms in total. The van der Waals surface area contributed by atoms with Crippen LogP contribution in [0.3, 0.4) is 0 Å². The lowest BCUT2D eigenvalue weighted by Gasteiger charge is -2.27. The number of ether oxygens (including phenoxy) is 2. The van der Waals surface area contributed by atoms with Crippen molar-refractivity contribution in [1.29, 1.82) is 0 Å². The van der Waals surface area contributed by atoms with Crippen molar-refractivity contribution in [3.8, 4) is 5.75 Å². The van der Waals surface area contributed by atoms with Gasteiger partial charge in [0.2, 0.25) is 0 Å². The molecule has 2 N–H and O–H groups in total. The number of urea groups is 1. The molecule has 1 aliphatic heterocycles. The SMILES string of the molecule is COC(=O)C1=C(C)NC(=O)NC1c1ccc(OCc2ccc(Br)cc2)cc1. The molecule has 2 aromatic carbocycles. The van der Waals surface area contributed by atoms with Crippen molar-refractivity contribution in [3.05, 3.63) is 75.4 Å². The van der Waals surface area contributed by atoms with Gasteiger partial charge in [0.25, 0.3) is 0 Å². The van der Waals surface area contributed by atoms with Crippen LogP contribution >= 0.6 is 15.9 Å². The van der Waals surface area contributed by atoms with Gasteiger partial charge in [-0.05, 0) is 42.3 Å². The van der Waals surface area contributed by atoms with Crippen LogP contribution in [0.5, 0.6) is 5.75 Å². The van der Waals surface area contributed by atoms with E-state index >= 15 is 0 Å². The van der Waals surface area contributed by atoms with E-state index in [2.05, 4.69) is 26.6 Å². The number of hydrogen-bond acceptors (Lipinski definition) is 4. The quantitative estimate of drug-likeness (QED) is 0.706. The number of carbonyl (C=O) groups excluding carboxylic acids is 2. The minimum absolute atomic E-state index is 0.360. The van der Waals surface area contributed by atoms with Gasteiger partial charge in [0.1, 0.15) is 12.4 Å². The zero-order chi connectivity index (χ0) is 19.4. The van der Waals surface area contributed by atoms with Crippen LogP contribution in [-0.2, 0) is 16.1 Å². The Balaban J connectivity index is 1.75. The Hall–Kier alpha value is -2.80. The summed E-state index contributed by atoms with van der Waals surface area (Å²) in [6.07, 6.45) is 0. The molecule has 1 unspecified atom stereocenters. The number of rotatable bonds is 5. The third-order valence-corrected chi connectivity index (χ3v) is 4.74. The molecule has 0 saturated heterocycles. The molecule has 1 aliphatic rings. The maximum Gasteiger partial charge on any atom is 0.337 e. The van der Waals surface area contributed by atoms with Crippen LogP contribution in [0.4, 0.5) is 4.79 Å². The Kier molecular flexibility index (Phi) is 5.81. The summed E-state index contributed by atoms with van der Waals surface area (Å²) in [5, 5.41) is 5.36. The maximum atomic E-state index is 12.1. The first kappa shape index (κ1) is 19.0. The summed E-state index contributed by atoms with van der Waals surface area (Å²) in [5.74, 6) is 0.211. The summed E-state index contributed by atoms with van der Waals surface area (Å²) in [6, 6.07) is 14.2. The van der Waals surface area contributed by atoms with Gasteiger partial charge in [-0.3, -0.25) is 0 Å². The molecule has 1 atom stereocenters. The van der Waals surface area contributed by atoms with Gasteiger partial charge < -0.3 is 20.1 Å². The number of hydrogen-bond donors (Lipinski definition) is 2. The topological polar surface area (TPSA) is 76.7 Å². The van der Waals surface area contributed by atoms with E-state index in [0.717, 1.165) is 15.6 Å². The van der Waals surface area contributed by atoms with Crippen LogP contribution < -0.4 is 15.4 Å². The minimum Gasteiger partial charge on any atom is -0.489 e. The van der Waals surface area contributed by atoms with E-state index in [0.29, 0.717) is 23.6 Å². The largest absolute Gasteiger partial charge is 0.489 e. The molecule has 0 aliphatic carbocycles. The van der Waals surface area contributed by atoms with E-state index in [1.165, 1.54) is 7.11 Å². The van der Waals surface area contributed by atoms with E-state index in [1.807, 2.05) is 48.5 Å². The van der Waals surface area contributed by atoms with Gasteiger partial charge in [0, 0.05) is 10.2 Å². The fourth-order valence-electron chi connectivity index (χ4n) is 2.83. The lowest BCUT2D eigenvalue weighted by molar-refractivity contribution is -0.136. The zero-order valence-corrected chi connectivity index (χ0v) is 16.5. The summed E-state index contributed by atoms with van der Waals surface area (Å²) in [5.41, 5.74) is 2.67. The first-order valence-corrected chi connectivity index (χ1v) is 9.11. The second-order valence-electron chi connectivity index (χ2n) is 6.05. The first-order chi connectivity index (χ1) is 13.0. The van der Waals surface area contributed by atoms with Crippen LogP contribution in [0.15, 0.2) is 64.3 Å². The van der Waals surface area contributed by atoms with Gasteiger partial charge in [-0.1, -0.05) is 40.2 Å². The van der Waals surface area contributed by atoms with Crippen LogP contribution in [0.2, 0.25) is 0 Å². The highest BCUT2D eigenvalue weighted by atomic mass is 79.9. The van der Waals surface area contributed by atoms with E-state index in [4.69, 9.17) is 9.47 Å². The molecule has 0 radical (unpaired) electrons. The predicted molar refractivity (Wildman–Crippen MR) is 104 cm³/mol. The van der Waals surface area contributed by atoms with Gasteiger partial charge in [-0.2, -0.15) is 0 Å². The van der Waals surface area contributed by atoms with E-state index in [-0.39, 0.29) is 6.03 Å². The number of methoxy groups -OCH3 is 1. The molecule has 0 saturated carbocycles. The van der Waals surface area contributed by atoms with Crippen molar-refractivity contribution < 1.29 is 19.1 Å². The summed E-state index contributed by atoms with van der Waals surface area (Å²) in [4.78, 5) is 23.9. The third-order valence-electron chi connectivity index (χ3n) is 4.21. The smallest absolute Gasteiger partial charge is 0.337 e. The Morgan fingerprint density at radius 3 is 2.41 bits per heavy atom. The molecule has 27 heavy (non-hydrogen) atoms. The highest BCUT2D eigenvalue weighted by Crippen LogP contribution is 2.28. The highest BCUT2D eigenvalue weighted by molar-refractivity contribution is 9.10. The Morgan fingerprint density at radius 1 is 1.11 bits per heavy atom. The monoisotopic (exact) mass is 430 g/mol. The van der Waals surface area contributed by atoms with Crippen LogP contribution in [0, 0.1) is 0 Å². The van der Waals surface area contributed by atoms with E-state index < -0.39 is 12.0 Å². The van der Waals surface area contributed by atoms with Crippen LogP contribution in [0.1, 0.15) is 24.1 Å². The summed E-state index contributed by atoms with van der Waals surface area (Å²) < 4.78 is 11.7.